The summed E-state index contributed by atoms with van der Waals surface area (Å²) in [6.07, 6.45) is -2.92. The van der Waals surface area contributed by atoms with Gasteiger partial charge in [-0.3, -0.25) is 10.1 Å². The van der Waals surface area contributed by atoms with Crippen LogP contribution in [-0.4, -0.2) is 30.3 Å². The van der Waals surface area contributed by atoms with Gasteiger partial charge in [0.15, 0.2) is 0 Å². The molecule has 7 nitrogen and oxygen atoms in total. The molecular weight excluding hydrogens is 469 g/mol. The van der Waals surface area contributed by atoms with Gasteiger partial charge in [-0.15, -0.1) is 0 Å². The molecule has 0 aliphatic heterocycles. The van der Waals surface area contributed by atoms with Gasteiger partial charge in [0.2, 0.25) is 0 Å². The summed E-state index contributed by atoms with van der Waals surface area (Å²) >= 11 is 1.20. The largest absolute Gasteiger partial charge is 0.453 e. The second-order valence-electron chi connectivity index (χ2n) is 6.88. The van der Waals surface area contributed by atoms with E-state index >= 15 is 0 Å². The summed E-state index contributed by atoms with van der Waals surface area (Å²) in [7, 11) is 1.19. The van der Waals surface area contributed by atoms with Gasteiger partial charge in [0.1, 0.15) is 5.82 Å². The second-order valence-corrected chi connectivity index (χ2v) is 8.02. The number of rotatable bonds is 7. The molecule has 2 amide bonds. The number of aromatic nitrogens is 1. The summed E-state index contributed by atoms with van der Waals surface area (Å²) in [5.74, 6) is -0.338. The first kappa shape index (κ1) is 24.8. The highest BCUT2D eigenvalue weighted by Crippen LogP contribution is 2.34. The lowest BCUT2D eigenvalue weighted by molar-refractivity contribution is -0.137. The minimum Gasteiger partial charge on any atom is -0.453 e. The molecule has 3 N–H and O–H groups in total. The third-order valence-electron chi connectivity index (χ3n) is 4.51. The summed E-state index contributed by atoms with van der Waals surface area (Å²) < 4.78 is 43.1. The van der Waals surface area contributed by atoms with E-state index in [1.165, 1.54) is 37.2 Å². The molecule has 3 rings (SSSR count). The highest BCUT2D eigenvalue weighted by Gasteiger charge is 2.30. The number of pyridine rings is 1. The van der Waals surface area contributed by atoms with Gasteiger partial charge in [-0.05, 0) is 42.0 Å². The maximum absolute atomic E-state index is 12.9. The van der Waals surface area contributed by atoms with E-state index in [0.29, 0.717) is 4.90 Å². The molecule has 2 aromatic carbocycles. The van der Waals surface area contributed by atoms with Crippen LogP contribution in [0.1, 0.15) is 27.0 Å². The van der Waals surface area contributed by atoms with Crippen LogP contribution in [0.4, 0.5) is 23.8 Å². The van der Waals surface area contributed by atoms with Crippen molar-refractivity contribution in [1.29, 1.82) is 5.41 Å². The number of benzene rings is 2. The zero-order valence-corrected chi connectivity index (χ0v) is 18.6. The van der Waals surface area contributed by atoms with E-state index in [1.807, 2.05) is 0 Å². The Morgan fingerprint density at radius 3 is 2.50 bits per heavy atom. The van der Waals surface area contributed by atoms with Crippen LogP contribution in [-0.2, 0) is 17.5 Å². The number of halogens is 3. The molecule has 3 aromatic rings. The molecule has 0 fully saturated rings. The molecule has 34 heavy (non-hydrogen) atoms. The highest BCUT2D eigenvalue weighted by atomic mass is 32.2. The molecule has 0 saturated carbocycles. The Hall–Kier alpha value is -3.86. The zero-order valence-electron chi connectivity index (χ0n) is 17.8. The Balaban J connectivity index is 1.60. The molecule has 1 heterocycles. The highest BCUT2D eigenvalue weighted by molar-refractivity contribution is 7.99. The van der Waals surface area contributed by atoms with Gasteiger partial charge in [0.25, 0.3) is 5.91 Å². The van der Waals surface area contributed by atoms with Crippen molar-refractivity contribution in [3.05, 3.63) is 83.0 Å². The van der Waals surface area contributed by atoms with Crippen LogP contribution in [0.2, 0.25) is 0 Å². The van der Waals surface area contributed by atoms with E-state index in [-0.39, 0.29) is 23.5 Å². The Morgan fingerprint density at radius 1 is 1.12 bits per heavy atom. The van der Waals surface area contributed by atoms with Gasteiger partial charge < -0.3 is 15.5 Å². The van der Waals surface area contributed by atoms with Crippen molar-refractivity contribution in [2.75, 3.05) is 12.4 Å². The van der Waals surface area contributed by atoms with Gasteiger partial charge in [-0.1, -0.05) is 30.0 Å². The molecule has 0 unspecified atom stereocenters. The summed E-state index contributed by atoms with van der Waals surface area (Å²) in [5, 5.41) is 12.5. The topological polar surface area (TPSA) is 104 Å². The summed E-state index contributed by atoms with van der Waals surface area (Å²) in [6, 6.07) is 13.6. The number of methoxy groups -OCH3 is 1. The van der Waals surface area contributed by atoms with E-state index in [9.17, 15) is 22.8 Å². The molecule has 176 valence electrons. The maximum Gasteiger partial charge on any atom is 0.416 e. The van der Waals surface area contributed by atoms with Gasteiger partial charge in [0.05, 0.1) is 18.2 Å². The standard InChI is InChI=1S/C23H19F3N4O3S/c1-33-22(32)30-20-15(11-27)9-16(13-28-20)21(31)29-12-14-5-7-18(8-6-14)34-19-4-2-3-17(10-19)23(24,25)26/h2-11,13,27H,12H2,1H3,(H,29,31)(H,28,30,32). The number of nitrogens with zero attached hydrogens (tertiary/aromatic N) is 1. The lowest BCUT2D eigenvalue weighted by atomic mass is 10.1. The number of anilines is 1. The Morgan fingerprint density at radius 2 is 1.85 bits per heavy atom. The number of alkyl halides is 3. The lowest BCUT2D eigenvalue weighted by Gasteiger charge is -2.10. The minimum absolute atomic E-state index is 0.0901. The average molecular weight is 488 g/mol. The third-order valence-corrected chi connectivity index (χ3v) is 5.51. The monoisotopic (exact) mass is 488 g/mol. The first-order valence-corrected chi connectivity index (χ1v) is 10.6. The predicted octanol–water partition coefficient (Wildman–Crippen LogP) is 5.36. The minimum atomic E-state index is -4.40. The number of hydrogen-bond acceptors (Lipinski definition) is 6. The predicted molar refractivity (Wildman–Crippen MR) is 121 cm³/mol. The van der Waals surface area contributed by atoms with E-state index in [2.05, 4.69) is 20.4 Å². The maximum atomic E-state index is 12.9. The summed E-state index contributed by atoms with van der Waals surface area (Å²) in [4.78, 5) is 29.0. The van der Waals surface area contributed by atoms with Crippen LogP contribution in [0.5, 0.6) is 0 Å². The van der Waals surface area contributed by atoms with E-state index in [1.54, 1.807) is 30.3 Å². The van der Waals surface area contributed by atoms with Crippen LogP contribution in [0.3, 0.4) is 0 Å². The SMILES string of the molecule is COC(=O)Nc1ncc(C(=O)NCc2ccc(Sc3cccc(C(F)(F)F)c3)cc2)cc1C=N. The average Bonchev–Trinajstić information content (AvgIpc) is 2.83. The first-order valence-electron chi connectivity index (χ1n) is 9.77. The molecule has 0 aliphatic carbocycles. The molecule has 1 aromatic heterocycles. The van der Waals surface area contributed by atoms with Gasteiger partial charge in [0, 0.05) is 34.3 Å². The summed E-state index contributed by atoms with van der Waals surface area (Å²) in [5.41, 5.74) is 0.511. The van der Waals surface area contributed by atoms with Crippen molar-refractivity contribution in [2.45, 2.75) is 22.5 Å². The van der Waals surface area contributed by atoms with Crippen molar-refractivity contribution in [3.8, 4) is 0 Å². The number of carbonyl (C=O) groups excluding carboxylic acids is 2. The Labute approximate surface area is 197 Å². The van der Waals surface area contributed by atoms with Crippen molar-refractivity contribution in [2.24, 2.45) is 0 Å². The molecule has 0 atom stereocenters. The number of hydrogen-bond donors (Lipinski definition) is 3. The first-order chi connectivity index (χ1) is 16.2. The van der Waals surface area contributed by atoms with Crippen molar-refractivity contribution in [1.82, 2.24) is 10.3 Å². The molecule has 0 radical (unpaired) electrons. The van der Waals surface area contributed by atoms with Crippen LogP contribution in [0, 0.1) is 5.41 Å². The van der Waals surface area contributed by atoms with Gasteiger partial charge in [-0.2, -0.15) is 13.2 Å². The van der Waals surface area contributed by atoms with Crippen molar-refractivity contribution >= 4 is 35.8 Å². The summed E-state index contributed by atoms with van der Waals surface area (Å²) in [6.45, 7) is 0.204. The number of amides is 2. The number of carbonyl (C=O) groups is 2. The normalized spacial score (nSPS) is 10.9. The number of ether oxygens (including phenoxy) is 1. The molecule has 0 spiro atoms. The molecule has 11 heteroatoms. The Kier molecular flexibility index (Phi) is 7.90. The fraction of sp³-hybridized carbons (Fsp3) is 0.130. The molecule has 0 bridgehead atoms. The van der Waals surface area contributed by atoms with E-state index in [4.69, 9.17) is 5.41 Å². The molecule has 0 saturated heterocycles. The van der Waals surface area contributed by atoms with E-state index in [0.717, 1.165) is 28.8 Å². The van der Waals surface area contributed by atoms with Crippen molar-refractivity contribution < 1.29 is 27.5 Å². The zero-order chi connectivity index (χ0) is 24.7. The van der Waals surface area contributed by atoms with Crippen LogP contribution < -0.4 is 10.6 Å². The third kappa shape index (κ3) is 6.58. The van der Waals surface area contributed by atoms with Crippen LogP contribution >= 0.6 is 11.8 Å². The smallest absolute Gasteiger partial charge is 0.416 e. The van der Waals surface area contributed by atoms with Gasteiger partial charge >= 0.3 is 12.3 Å². The number of nitrogens with one attached hydrogen (secondary N) is 3. The lowest BCUT2D eigenvalue weighted by Crippen LogP contribution is -2.23. The fourth-order valence-electron chi connectivity index (χ4n) is 2.80. The fourth-order valence-corrected chi connectivity index (χ4v) is 3.68. The van der Waals surface area contributed by atoms with Crippen LogP contribution in [0.25, 0.3) is 0 Å². The van der Waals surface area contributed by atoms with Crippen molar-refractivity contribution in [3.63, 3.8) is 0 Å². The Bertz CT molecular complexity index is 1200. The van der Waals surface area contributed by atoms with E-state index < -0.39 is 23.7 Å². The quantitative estimate of drug-likeness (QED) is 0.389. The molecular formula is C23H19F3N4O3S. The van der Waals surface area contributed by atoms with Gasteiger partial charge in [-0.25, -0.2) is 9.78 Å². The van der Waals surface area contributed by atoms with Crippen LogP contribution in [0.15, 0.2) is 70.6 Å². The second kappa shape index (κ2) is 10.8. The molecule has 0 aliphatic rings.